The second-order valence-corrected chi connectivity index (χ2v) is 4.85. The van der Waals surface area contributed by atoms with Crippen LogP contribution < -0.4 is 5.32 Å². The Labute approximate surface area is 94.9 Å². The fourth-order valence-electron chi connectivity index (χ4n) is 2.59. The maximum absolute atomic E-state index is 9.16. The molecule has 3 rings (SSSR count). The molecule has 0 amide bonds. The van der Waals surface area contributed by atoms with Crippen molar-refractivity contribution in [2.75, 3.05) is 19.7 Å². The molecule has 0 spiro atoms. The number of nitrogens with one attached hydrogen (secondary N) is 1. The van der Waals surface area contributed by atoms with Crippen molar-refractivity contribution in [2.24, 2.45) is 5.92 Å². The topological polar surface area (TPSA) is 63.0 Å². The molecule has 2 atom stereocenters. The van der Waals surface area contributed by atoms with E-state index in [2.05, 4.69) is 15.4 Å². The number of aryl methyl sites for hydroxylation is 1. The normalized spacial score (nSPS) is 29.3. The van der Waals surface area contributed by atoms with Gasteiger partial charge in [0.15, 0.2) is 5.82 Å². The van der Waals surface area contributed by atoms with Crippen molar-refractivity contribution < 1.29 is 5.11 Å². The largest absolute Gasteiger partial charge is 0.396 e. The monoisotopic (exact) mass is 222 g/mol. The number of rotatable bonds is 2. The highest BCUT2D eigenvalue weighted by atomic mass is 16.3. The van der Waals surface area contributed by atoms with Crippen molar-refractivity contribution in [2.45, 2.75) is 31.7 Å². The van der Waals surface area contributed by atoms with Gasteiger partial charge >= 0.3 is 0 Å². The van der Waals surface area contributed by atoms with Crippen LogP contribution in [0.25, 0.3) is 0 Å². The Balaban J connectivity index is 1.80. The minimum Gasteiger partial charge on any atom is -0.396 e. The van der Waals surface area contributed by atoms with Crippen LogP contribution in [0.5, 0.6) is 0 Å². The molecule has 0 aliphatic carbocycles. The summed E-state index contributed by atoms with van der Waals surface area (Å²) in [5.41, 5.74) is 0. The number of hydrogen-bond donors (Lipinski definition) is 2. The second kappa shape index (κ2) is 4.14. The molecule has 3 heterocycles. The smallest absolute Gasteiger partial charge is 0.155 e. The van der Waals surface area contributed by atoms with E-state index in [9.17, 15) is 0 Å². The van der Waals surface area contributed by atoms with Gasteiger partial charge in [-0.25, -0.2) is 9.67 Å². The summed E-state index contributed by atoms with van der Waals surface area (Å²) in [4.78, 5) is 4.63. The summed E-state index contributed by atoms with van der Waals surface area (Å²) in [6, 6.07) is 0. The molecule has 0 aromatic carbocycles. The zero-order valence-electron chi connectivity index (χ0n) is 9.39. The van der Waals surface area contributed by atoms with E-state index < -0.39 is 0 Å². The zero-order chi connectivity index (χ0) is 11.0. The number of hydrogen-bond acceptors (Lipinski definition) is 4. The summed E-state index contributed by atoms with van der Waals surface area (Å²) in [7, 11) is 0. The Morgan fingerprint density at radius 1 is 1.44 bits per heavy atom. The molecule has 2 N–H and O–H groups in total. The average molecular weight is 222 g/mol. The molecule has 2 aliphatic rings. The Kier molecular flexibility index (Phi) is 2.65. The number of fused-ring (bicyclic) bond motifs is 1. The highest BCUT2D eigenvalue weighted by Crippen LogP contribution is 2.23. The van der Waals surface area contributed by atoms with Crippen molar-refractivity contribution in [3.63, 3.8) is 0 Å². The Morgan fingerprint density at radius 2 is 2.38 bits per heavy atom. The van der Waals surface area contributed by atoms with Gasteiger partial charge in [0.25, 0.3) is 0 Å². The van der Waals surface area contributed by atoms with E-state index in [1.165, 1.54) is 0 Å². The van der Waals surface area contributed by atoms with E-state index in [1.807, 2.05) is 4.68 Å². The molecule has 0 saturated carbocycles. The third-order valence-corrected chi connectivity index (χ3v) is 3.66. The molecule has 1 saturated heterocycles. The fourth-order valence-corrected chi connectivity index (χ4v) is 2.59. The lowest BCUT2D eigenvalue weighted by Crippen LogP contribution is -2.23. The average Bonchev–Trinajstić information content (AvgIpc) is 2.96. The van der Waals surface area contributed by atoms with Gasteiger partial charge in [-0.15, -0.1) is 0 Å². The van der Waals surface area contributed by atoms with Crippen molar-refractivity contribution in [1.29, 1.82) is 0 Å². The van der Waals surface area contributed by atoms with Crippen LogP contribution in [-0.4, -0.2) is 39.6 Å². The van der Waals surface area contributed by atoms with Crippen molar-refractivity contribution in [3.05, 3.63) is 11.6 Å². The summed E-state index contributed by atoms with van der Waals surface area (Å²) in [6.07, 6.45) is 3.14. The lowest BCUT2D eigenvalue weighted by Gasteiger charge is -2.19. The lowest BCUT2D eigenvalue weighted by atomic mass is 10.0. The van der Waals surface area contributed by atoms with Crippen LogP contribution in [-0.2, 0) is 13.0 Å². The summed E-state index contributed by atoms with van der Waals surface area (Å²) >= 11 is 0. The van der Waals surface area contributed by atoms with E-state index in [0.29, 0.717) is 11.8 Å². The fraction of sp³-hybridized carbons (Fsp3) is 0.818. The van der Waals surface area contributed by atoms with Gasteiger partial charge in [-0.05, 0) is 19.4 Å². The Hall–Kier alpha value is -0.940. The van der Waals surface area contributed by atoms with Crippen LogP contribution in [0.2, 0.25) is 0 Å². The minimum atomic E-state index is 0.264. The van der Waals surface area contributed by atoms with E-state index in [1.54, 1.807) is 0 Å². The first-order valence-electron chi connectivity index (χ1n) is 6.12. The van der Waals surface area contributed by atoms with Gasteiger partial charge < -0.3 is 10.4 Å². The summed E-state index contributed by atoms with van der Waals surface area (Å²) in [6.45, 7) is 3.18. The summed E-state index contributed by atoms with van der Waals surface area (Å²) in [5.74, 6) is 2.96. The second-order valence-electron chi connectivity index (χ2n) is 4.85. The lowest BCUT2D eigenvalue weighted by molar-refractivity contribution is 0.185. The third kappa shape index (κ3) is 1.74. The predicted molar refractivity (Wildman–Crippen MR) is 59.1 cm³/mol. The van der Waals surface area contributed by atoms with Crippen LogP contribution in [0, 0.1) is 5.92 Å². The molecule has 2 aliphatic heterocycles. The van der Waals surface area contributed by atoms with Crippen LogP contribution >= 0.6 is 0 Å². The van der Waals surface area contributed by atoms with Gasteiger partial charge in [-0.1, -0.05) is 0 Å². The first kappa shape index (κ1) is 10.2. The van der Waals surface area contributed by atoms with Crippen LogP contribution in [0.1, 0.15) is 30.4 Å². The summed E-state index contributed by atoms with van der Waals surface area (Å²) in [5, 5.41) is 17.1. The minimum absolute atomic E-state index is 0.264. The van der Waals surface area contributed by atoms with Crippen LogP contribution in [0.15, 0.2) is 0 Å². The maximum Gasteiger partial charge on any atom is 0.155 e. The van der Waals surface area contributed by atoms with Crippen LogP contribution in [0.4, 0.5) is 0 Å². The molecule has 16 heavy (non-hydrogen) atoms. The van der Waals surface area contributed by atoms with Gasteiger partial charge in [0.05, 0.1) is 0 Å². The highest BCUT2D eigenvalue weighted by molar-refractivity contribution is 5.04. The van der Waals surface area contributed by atoms with Crippen molar-refractivity contribution in [1.82, 2.24) is 20.1 Å². The molecule has 1 aromatic heterocycles. The molecular formula is C11H18N4O. The number of nitrogens with zero attached hydrogens (tertiary/aromatic N) is 3. The van der Waals surface area contributed by atoms with Gasteiger partial charge in [-0.3, -0.25) is 0 Å². The molecule has 1 aromatic rings. The standard InChI is InChI=1S/C11H18N4O/c16-7-8-1-2-10-13-11(14-15(10)6-8)9-3-4-12-5-9/h8-9,12,16H,1-7H2. The molecule has 5 nitrogen and oxygen atoms in total. The number of aromatic nitrogens is 3. The van der Waals surface area contributed by atoms with E-state index in [-0.39, 0.29) is 6.61 Å². The SMILES string of the molecule is OCC1CCc2nc(C3CCNC3)nn2C1. The van der Waals surface area contributed by atoms with E-state index in [4.69, 9.17) is 5.11 Å². The summed E-state index contributed by atoms with van der Waals surface area (Å²) < 4.78 is 2.00. The Morgan fingerprint density at radius 3 is 3.12 bits per heavy atom. The third-order valence-electron chi connectivity index (χ3n) is 3.66. The van der Waals surface area contributed by atoms with Crippen molar-refractivity contribution >= 4 is 0 Å². The molecule has 2 unspecified atom stereocenters. The van der Waals surface area contributed by atoms with Gasteiger partial charge in [0.1, 0.15) is 5.82 Å². The molecule has 0 bridgehead atoms. The van der Waals surface area contributed by atoms with E-state index in [0.717, 1.165) is 50.5 Å². The van der Waals surface area contributed by atoms with Gasteiger partial charge in [-0.2, -0.15) is 5.10 Å². The molecule has 88 valence electrons. The van der Waals surface area contributed by atoms with Gasteiger partial charge in [0, 0.05) is 38.0 Å². The van der Waals surface area contributed by atoms with Gasteiger partial charge in [0.2, 0.25) is 0 Å². The predicted octanol–water partition coefficient (Wildman–Crippen LogP) is -0.0903. The van der Waals surface area contributed by atoms with E-state index >= 15 is 0 Å². The number of aliphatic hydroxyl groups excluding tert-OH is 1. The molecule has 5 heteroatoms. The quantitative estimate of drug-likeness (QED) is 0.734. The molecular weight excluding hydrogens is 204 g/mol. The highest BCUT2D eigenvalue weighted by Gasteiger charge is 2.25. The first-order valence-corrected chi connectivity index (χ1v) is 6.12. The maximum atomic E-state index is 9.16. The zero-order valence-corrected chi connectivity index (χ0v) is 9.39. The Bertz CT molecular complexity index is 370. The van der Waals surface area contributed by atoms with Crippen LogP contribution in [0.3, 0.4) is 0 Å². The van der Waals surface area contributed by atoms with Crippen molar-refractivity contribution in [3.8, 4) is 0 Å². The molecule has 0 radical (unpaired) electrons. The first-order chi connectivity index (χ1) is 7.86. The number of aliphatic hydroxyl groups is 1. The molecule has 1 fully saturated rings.